The SMILES string of the molecule is COCCN(CCC(N)=S)c1ncccc1S(C)(=O)=O. The smallest absolute Gasteiger partial charge is 0.179 e. The first kappa shape index (κ1) is 16.8. The maximum Gasteiger partial charge on any atom is 0.179 e. The van der Waals surface area contributed by atoms with Gasteiger partial charge >= 0.3 is 0 Å². The van der Waals surface area contributed by atoms with Gasteiger partial charge in [-0.2, -0.15) is 0 Å². The molecule has 0 aliphatic carbocycles. The van der Waals surface area contributed by atoms with Crippen LogP contribution in [0.5, 0.6) is 0 Å². The van der Waals surface area contributed by atoms with Crippen LogP contribution >= 0.6 is 12.2 Å². The molecule has 0 aliphatic rings. The van der Waals surface area contributed by atoms with Gasteiger partial charge in [0.1, 0.15) is 10.7 Å². The van der Waals surface area contributed by atoms with E-state index in [1.165, 1.54) is 6.07 Å². The summed E-state index contributed by atoms with van der Waals surface area (Å²) in [4.78, 5) is 6.57. The number of sulfone groups is 1. The van der Waals surface area contributed by atoms with Gasteiger partial charge in [0.2, 0.25) is 0 Å². The molecule has 2 N–H and O–H groups in total. The predicted molar refractivity (Wildman–Crippen MR) is 82.8 cm³/mol. The molecule has 0 saturated heterocycles. The number of hydrogen-bond acceptors (Lipinski definition) is 6. The van der Waals surface area contributed by atoms with Crippen molar-refractivity contribution < 1.29 is 13.2 Å². The summed E-state index contributed by atoms with van der Waals surface area (Å²) in [5, 5.41) is 0. The zero-order valence-corrected chi connectivity index (χ0v) is 13.2. The van der Waals surface area contributed by atoms with Crippen LogP contribution in [-0.4, -0.2) is 51.5 Å². The number of aromatic nitrogens is 1. The Bertz CT molecular complexity index is 561. The molecule has 0 aromatic carbocycles. The Hall–Kier alpha value is -1.25. The largest absolute Gasteiger partial charge is 0.393 e. The van der Waals surface area contributed by atoms with Crippen LogP contribution in [0.2, 0.25) is 0 Å². The van der Waals surface area contributed by atoms with E-state index in [0.717, 1.165) is 6.26 Å². The monoisotopic (exact) mass is 317 g/mol. The molecule has 0 saturated carbocycles. The molecule has 0 fully saturated rings. The average molecular weight is 317 g/mol. The highest BCUT2D eigenvalue weighted by Crippen LogP contribution is 2.22. The van der Waals surface area contributed by atoms with E-state index in [4.69, 9.17) is 22.7 Å². The maximum atomic E-state index is 11.8. The van der Waals surface area contributed by atoms with Crippen molar-refractivity contribution in [3.05, 3.63) is 18.3 Å². The zero-order valence-electron chi connectivity index (χ0n) is 11.6. The van der Waals surface area contributed by atoms with Gasteiger partial charge in [0, 0.05) is 39.1 Å². The number of nitrogens with zero attached hydrogens (tertiary/aromatic N) is 2. The Balaban J connectivity index is 3.09. The Morgan fingerprint density at radius 2 is 2.20 bits per heavy atom. The van der Waals surface area contributed by atoms with Crippen molar-refractivity contribution in [2.24, 2.45) is 5.73 Å². The molecule has 6 nitrogen and oxygen atoms in total. The molecule has 1 aromatic heterocycles. The summed E-state index contributed by atoms with van der Waals surface area (Å²) in [6, 6.07) is 3.14. The molecule has 0 amide bonds. The molecular weight excluding hydrogens is 298 g/mol. The second-order valence-electron chi connectivity index (χ2n) is 4.29. The van der Waals surface area contributed by atoms with Crippen molar-refractivity contribution in [1.82, 2.24) is 4.98 Å². The van der Waals surface area contributed by atoms with Crippen LogP contribution in [0.4, 0.5) is 5.82 Å². The lowest BCUT2D eigenvalue weighted by molar-refractivity contribution is 0.205. The van der Waals surface area contributed by atoms with Gasteiger partial charge in [0.05, 0.1) is 11.6 Å². The van der Waals surface area contributed by atoms with Crippen LogP contribution in [0.25, 0.3) is 0 Å². The van der Waals surface area contributed by atoms with E-state index < -0.39 is 9.84 Å². The minimum absolute atomic E-state index is 0.194. The first-order valence-corrected chi connectivity index (χ1v) is 8.33. The fourth-order valence-electron chi connectivity index (χ4n) is 1.68. The fraction of sp³-hybridized carbons (Fsp3) is 0.500. The summed E-state index contributed by atoms with van der Waals surface area (Å²) < 4.78 is 28.7. The maximum absolute atomic E-state index is 11.8. The highest BCUT2D eigenvalue weighted by atomic mass is 32.2. The number of hydrogen-bond donors (Lipinski definition) is 1. The summed E-state index contributed by atoms with van der Waals surface area (Å²) in [6.07, 6.45) is 3.21. The van der Waals surface area contributed by atoms with Crippen molar-refractivity contribution in [2.75, 3.05) is 38.0 Å². The van der Waals surface area contributed by atoms with E-state index in [9.17, 15) is 8.42 Å². The second kappa shape index (κ2) is 7.51. The van der Waals surface area contributed by atoms with Crippen LogP contribution in [0, 0.1) is 0 Å². The van der Waals surface area contributed by atoms with Crippen molar-refractivity contribution >= 4 is 32.9 Å². The average Bonchev–Trinajstić information content (AvgIpc) is 2.37. The molecule has 0 spiro atoms. The Kier molecular flexibility index (Phi) is 6.31. The number of methoxy groups -OCH3 is 1. The molecule has 20 heavy (non-hydrogen) atoms. The van der Waals surface area contributed by atoms with Gasteiger partial charge in [-0.05, 0) is 12.1 Å². The zero-order chi connectivity index (χ0) is 15.2. The van der Waals surface area contributed by atoms with Gasteiger partial charge in [0.15, 0.2) is 9.84 Å². The number of anilines is 1. The van der Waals surface area contributed by atoms with Gasteiger partial charge in [-0.15, -0.1) is 0 Å². The van der Waals surface area contributed by atoms with Gasteiger partial charge in [-0.1, -0.05) is 12.2 Å². The summed E-state index contributed by atoms with van der Waals surface area (Å²) in [5.41, 5.74) is 5.51. The lowest BCUT2D eigenvalue weighted by atomic mass is 10.3. The predicted octanol–water partition coefficient (Wildman–Crippen LogP) is 0.614. The van der Waals surface area contributed by atoms with Crippen molar-refractivity contribution in [1.29, 1.82) is 0 Å². The quantitative estimate of drug-likeness (QED) is 0.703. The third-order valence-corrected chi connectivity index (χ3v) is 3.97. The van der Waals surface area contributed by atoms with E-state index in [0.29, 0.717) is 36.9 Å². The molecule has 0 bridgehead atoms. The number of rotatable bonds is 8. The third-order valence-electron chi connectivity index (χ3n) is 2.64. The van der Waals surface area contributed by atoms with E-state index in [1.807, 2.05) is 4.90 Å². The van der Waals surface area contributed by atoms with Crippen molar-refractivity contribution in [3.8, 4) is 0 Å². The summed E-state index contributed by atoms with van der Waals surface area (Å²) in [6.45, 7) is 1.47. The van der Waals surface area contributed by atoms with E-state index in [-0.39, 0.29) is 4.90 Å². The molecule has 0 radical (unpaired) electrons. The van der Waals surface area contributed by atoms with Gasteiger partial charge < -0.3 is 15.4 Å². The lowest BCUT2D eigenvalue weighted by Gasteiger charge is -2.24. The molecule has 0 atom stereocenters. The molecular formula is C12H19N3O3S2. The first-order valence-electron chi connectivity index (χ1n) is 6.03. The Labute approximate surface area is 124 Å². The van der Waals surface area contributed by atoms with E-state index in [2.05, 4.69) is 4.98 Å². The third kappa shape index (κ3) is 5.03. The lowest BCUT2D eigenvalue weighted by Crippen LogP contribution is -2.32. The molecule has 0 aliphatic heterocycles. The van der Waals surface area contributed by atoms with E-state index >= 15 is 0 Å². The topological polar surface area (TPSA) is 85.5 Å². The van der Waals surface area contributed by atoms with Gasteiger partial charge in [-0.25, -0.2) is 13.4 Å². The second-order valence-corrected chi connectivity index (χ2v) is 6.80. The van der Waals surface area contributed by atoms with Crippen molar-refractivity contribution in [2.45, 2.75) is 11.3 Å². The number of nitrogens with two attached hydrogens (primary N) is 1. The first-order chi connectivity index (χ1) is 9.36. The summed E-state index contributed by atoms with van der Waals surface area (Å²) in [5.74, 6) is 0.406. The van der Waals surface area contributed by atoms with E-state index in [1.54, 1.807) is 19.4 Å². The highest BCUT2D eigenvalue weighted by molar-refractivity contribution is 7.90. The van der Waals surface area contributed by atoms with Crippen LogP contribution < -0.4 is 10.6 Å². The Morgan fingerprint density at radius 3 is 2.75 bits per heavy atom. The number of pyridine rings is 1. The van der Waals surface area contributed by atoms with Crippen LogP contribution in [0.1, 0.15) is 6.42 Å². The number of ether oxygens (including phenoxy) is 1. The van der Waals surface area contributed by atoms with Crippen LogP contribution in [0.3, 0.4) is 0 Å². The molecule has 1 rings (SSSR count). The van der Waals surface area contributed by atoms with Crippen LogP contribution in [0.15, 0.2) is 23.2 Å². The molecule has 1 aromatic rings. The minimum atomic E-state index is -3.35. The molecule has 1 heterocycles. The standard InChI is InChI=1S/C12H19N3O3S2/c1-18-9-8-15(7-5-11(13)19)12-10(20(2,16)17)4-3-6-14-12/h3-4,6H,5,7-9H2,1-2H3,(H2,13,19). The fourth-order valence-corrected chi connectivity index (χ4v) is 2.61. The van der Waals surface area contributed by atoms with Crippen molar-refractivity contribution in [3.63, 3.8) is 0 Å². The number of thiocarbonyl (C=S) groups is 1. The summed E-state index contributed by atoms with van der Waals surface area (Å²) in [7, 11) is -1.77. The highest BCUT2D eigenvalue weighted by Gasteiger charge is 2.19. The van der Waals surface area contributed by atoms with Crippen LogP contribution in [-0.2, 0) is 14.6 Å². The summed E-state index contributed by atoms with van der Waals surface area (Å²) >= 11 is 4.86. The van der Waals surface area contributed by atoms with Gasteiger partial charge in [0.25, 0.3) is 0 Å². The molecule has 0 unspecified atom stereocenters. The Morgan fingerprint density at radius 1 is 1.50 bits per heavy atom. The minimum Gasteiger partial charge on any atom is -0.393 e. The van der Waals surface area contributed by atoms with Gasteiger partial charge in [-0.3, -0.25) is 0 Å². The normalized spacial score (nSPS) is 11.3. The molecule has 112 valence electrons. The molecule has 8 heteroatoms.